The van der Waals surface area contributed by atoms with Gasteiger partial charge in [-0.15, -0.1) is 0 Å². The number of unbranched alkanes of at least 4 members (excludes halogenated alkanes) is 1. The molecule has 16 heavy (non-hydrogen) atoms. The summed E-state index contributed by atoms with van der Waals surface area (Å²) in [6.45, 7) is 13.5. The third-order valence-corrected chi connectivity index (χ3v) is 3.86. The SMILES string of the molecule is C=C(CCCCC(C)CC)CCC(C)CC. The van der Waals surface area contributed by atoms with Gasteiger partial charge in [-0.1, -0.05) is 65.5 Å². The third-order valence-electron chi connectivity index (χ3n) is 3.86. The maximum absolute atomic E-state index is 4.20. The number of rotatable bonds is 10. The van der Waals surface area contributed by atoms with E-state index in [9.17, 15) is 0 Å². The van der Waals surface area contributed by atoms with Crippen LogP contribution >= 0.6 is 0 Å². The first-order valence-corrected chi connectivity index (χ1v) is 7.26. The second-order valence-corrected chi connectivity index (χ2v) is 5.56. The van der Waals surface area contributed by atoms with Gasteiger partial charge in [-0.3, -0.25) is 0 Å². The van der Waals surface area contributed by atoms with Crippen LogP contribution in [-0.4, -0.2) is 0 Å². The maximum atomic E-state index is 4.20. The average Bonchev–Trinajstić information content (AvgIpc) is 2.31. The minimum absolute atomic E-state index is 0.872. The van der Waals surface area contributed by atoms with E-state index in [0.29, 0.717) is 0 Å². The standard InChI is InChI=1S/C16H32/c1-6-14(3)10-8-9-11-16(5)13-12-15(4)7-2/h14-15H,5-13H2,1-4H3. The zero-order valence-corrected chi connectivity index (χ0v) is 12.0. The molecule has 0 bridgehead atoms. The molecule has 0 aromatic rings. The van der Waals surface area contributed by atoms with Crippen molar-refractivity contribution >= 4 is 0 Å². The van der Waals surface area contributed by atoms with Crippen molar-refractivity contribution in [3.05, 3.63) is 12.2 Å². The fourth-order valence-corrected chi connectivity index (χ4v) is 1.85. The van der Waals surface area contributed by atoms with E-state index in [2.05, 4.69) is 34.3 Å². The molecule has 0 heteroatoms. The summed E-state index contributed by atoms with van der Waals surface area (Å²) < 4.78 is 0. The molecule has 0 heterocycles. The molecule has 2 atom stereocenters. The Balaban J connectivity index is 3.37. The second-order valence-electron chi connectivity index (χ2n) is 5.56. The van der Waals surface area contributed by atoms with E-state index in [1.54, 1.807) is 0 Å². The molecule has 0 rings (SSSR count). The van der Waals surface area contributed by atoms with Crippen LogP contribution in [0.2, 0.25) is 0 Å². The van der Waals surface area contributed by atoms with Crippen LogP contribution < -0.4 is 0 Å². The molecular weight excluding hydrogens is 192 g/mol. The van der Waals surface area contributed by atoms with E-state index in [0.717, 1.165) is 11.8 Å². The normalized spacial score (nSPS) is 14.8. The Morgan fingerprint density at radius 3 is 2.00 bits per heavy atom. The Hall–Kier alpha value is -0.260. The van der Waals surface area contributed by atoms with Crippen molar-refractivity contribution in [2.24, 2.45) is 11.8 Å². The molecular formula is C16H32. The number of allylic oxidation sites excluding steroid dienone is 1. The molecule has 0 amide bonds. The van der Waals surface area contributed by atoms with Crippen molar-refractivity contribution in [3.8, 4) is 0 Å². The summed E-state index contributed by atoms with van der Waals surface area (Å²) in [7, 11) is 0. The maximum Gasteiger partial charge on any atom is -0.0320 e. The molecule has 0 aromatic carbocycles. The van der Waals surface area contributed by atoms with Gasteiger partial charge in [0.2, 0.25) is 0 Å². The lowest BCUT2D eigenvalue weighted by atomic mass is 9.95. The summed E-state index contributed by atoms with van der Waals surface area (Å²) in [6.07, 6.45) is 10.6. The molecule has 0 saturated heterocycles. The van der Waals surface area contributed by atoms with Gasteiger partial charge in [-0.2, -0.15) is 0 Å². The molecule has 0 fully saturated rings. The highest BCUT2D eigenvalue weighted by Gasteiger charge is 2.02. The Morgan fingerprint density at radius 1 is 0.875 bits per heavy atom. The summed E-state index contributed by atoms with van der Waals surface area (Å²) in [4.78, 5) is 0. The Kier molecular flexibility index (Phi) is 9.77. The Morgan fingerprint density at radius 2 is 1.44 bits per heavy atom. The van der Waals surface area contributed by atoms with Crippen LogP contribution in [0.4, 0.5) is 0 Å². The molecule has 0 aliphatic rings. The highest BCUT2D eigenvalue weighted by molar-refractivity contribution is 4.93. The highest BCUT2D eigenvalue weighted by atomic mass is 14.1. The number of hydrogen-bond donors (Lipinski definition) is 0. The van der Waals surface area contributed by atoms with E-state index in [1.165, 1.54) is 56.9 Å². The van der Waals surface area contributed by atoms with Crippen molar-refractivity contribution < 1.29 is 0 Å². The fourth-order valence-electron chi connectivity index (χ4n) is 1.85. The third kappa shape index (κ3) is 9.00. The molecule has 2 unspecified atom stereocenters. The largest absolute Gasteiger partial charge is 0.0999 e. The van der Waals surface area contributed by atoms with Gasteiger partial charge < -0.3 is 0 Å². The van der Waals surface area contributed by atoms with Crippen LogP contribution in [0.25, 0.3) is 0 Å². The summed E-state index contributed by atoms with van der Waals surface area (Å²) in [6, 6.07) is 0. The zero-order chi connectivity index (χ0) is 12.4. The lowest BCUT2D eigenvalue weighted by molar-refractivity contribution is 0.478. The lowest BCUT2D eigenvalue weighted by Crippen LogP contribution is -1.95. The van der Waals surface area contributed by atoms with E-state index in [-0.39, 0.29) is 0 Å². The van der Waals surface area contributed by atoms with Gasteiger partial charge in [-0.05, 0) is 37.5 Å². The predicted octanol–water partition coefficient (Wildman–Crippen LogP) is 5.98. The van der Waals surface area contributed by atoms with Crippen LogP contribution in [-0.2, 0) is 0 Å². The van der Waals surface area contributed by atoms with Crippen molar-refractivity contribution in [1.82, 2.24) is 0 Å². The monoisotopic (exact) mass is 224 g/mol. The van der Waals surface area contributed by atoms with Gasteiger partial charge in [0, 0.05) is 0 Å². The quantitative estimate of drug-likeness (QED) is 0.316. The molecule has 0 aliphatic carbocycles. The first-order chi connectivity index (χ1) is 7.60. The van der Waals surface area contributed by atoms with Gasteiger partial charge in [0.25, 0.3) is 0 Å². The van der Waals surface area contributed by atoms with Crippen LogP contribution in [0.1, 0.15) is 79.1 Å². The number of hydrogen-bond acceptors (Lipinski definition) is 0. The van der Waals surface area contributed by atoms with Crippen LogP contribution in [0.3, 0.4) is 0 Å². The smallest absolute Gasteiger partial charge is 0.0320 e. The summed E-state index contributed by atoms with van der Waals surface area (Å²) in [5.41, 5.74) is 1.48. The minimum Gasteiger partial charge on any atom is -0.0999 e. The molecule has 0 aliphatic heterocycles. The molecule has 0 nitrogen and oxygen atoms in total. The van der Waals surface area contributed by atoms with Gasteiger partial charge in [0.05, 0.1) is 0 Å². The fraction of sp³-hybridized carbons (Fsp3) is 0.875. The molecule has 0 spiro atoms. The van der Waals surface area contributed by atoms with Gasteiger partial charge in [0.1, 0.15) is 0 Å². The first kappa shape index (κ1) is 15.7. The average molecular weight is 224 g/mol. The van der Waals surface area contributed by atoms with Crippen molar-refractivity contribution in [1.29, 1.82) is 0 Å². The van der Waals surface area contributed by atoms with E-state index in [4.69, 9.17) is 0 Å². The minimum atomic E-state index is 0.872. The Bertz CT molecular complexity index is 169. The van der Waals surface area contributed by atoms with Gasteiger partial charge >= 0.3 is 0 Å². The highest BCUT2D eigenvalue weighted by Crippen LogP contribution is 2.19. The summed E-state index contributed by atoms with van der Waals surface area (Å²) >= 11 is 0. The summed E-state index contributed by atoms with van der Waals surface area (Å²) in [5.74, 6) is 1.78. The van der Waals surface area contributed by atoms with E-state index < -0.39 is 0 Å². The van der Waals surface area contributed by atoms with Crippen LogP contribution in [0, 0.1) is 11.8 Å². The lowest BCUT2D eigenvalue weighted by Gasteiger charge is -2.11. The topological polar surface area (TPSA) is 0 Å². The zero-order valence-electron chi connectivity index (χ0n) is 12.0. The molecule has 0 saturated carbocycles. The molecule has 96 valence electrons. The van der Waals surface area contributed by atoms with Gasteiger partial charge in [-0.25, -0.2) is 0 Å². The predicted molar refractivity (Wildman–Crippen MR) is 75.8 cm³/mol. The van der Waals surface area contributed by atoms with Crippen molar-refractivity contribution in [3.63, 3.8) is 0 Å². The van der Waals surface area contributed by atoms with Crippen LogP contribution in [0.5, 0.6) is 0 Å². The van der Waals surface area contributed by atoms with E-state index in [1.807, 2.05) is 0 Å². The Labute approximate surface area is 104 Å². The van der Waals surface area contributed by atoms with Crippen LogP contribution in [0.15, 0.2) is 12.2 Å². The molecule has 0 N–H and O–H groups in total. The first-order valence-electron chi connectivity index (χ1n) is 7.26. The van der Waals surface area contributed by atoms with Gasteiger partial charge in [0.15, 0.2) is 0 Å². The molecule has 0 aromatic heterocycles. The summed E-state index contributed by atoms with van der Waals surface area (Å²) in [5, 5.41) is 0. The van der Waals surface area contributed by atoms with Crippen molar-refractivity contribution in [2.45, 2.75) is 79.1 Å². The second kappa shape index (κ2) is 9.93. The molecule has 0 radical (unpaired) electrons. The van der Waals surface area contributed by atoms with E-state index >= 15 is 0 Å². The van der Waals surface area contributed by atoms with Crippen molar-refractivity contribution in [2.75, 3.05) is 0 Å².